The van der Waals surface area contributed by atoms with E-state index in [4.69, 9.17) is 25.5 Å². The third-order valence-electron chi connectivity index (χ3n) is 6.98. The van der Waals surface area contributed by atoms with Gasteiger partial charge < -0.3 is 13.9 Å². The number of aryl methyl sites for hydroxylation is 2. The molecule has 0 N–H and O–H groups in total. The lowest BCUT2D eigenvalue weighted by molar-refractivity contribution is 0.0641. The molecule has 9 heteroatoms. The molecule has 5 aromatic rings. The standard InChI is InChI=1S/C33H22ClNO7/c1-18-7-8-19(2)27(13-18)42-29-17-40-28-15-22(10-12-24(28)30(29)36)41-33(39)20-9-11-23-25(14-20)32(38)35(31(23)37)16-21-5-3-4-6-26(21)34/h3-15,17H,16H2,1-2H3. The summed E-state index contributed by atoms with van der Waals surface area (Å²) in [6, 6.07) is 21.2. The van der Waals surface area contributed by atoms with Crippen molar-refractivity contribution in [2.24, 2.45) is 0 Å². The Labute approximate surface area is 244 Å². The van der Waals surface area contributed by atoms with Gasteiger partial charge in [0.15, 0.2) is 0 Å². The van der Waals surface area contributed by atoms with E-state index in [2.05, 4.69) is 0 Å². The van der Waals surface area contributed by atoms with E-state index in [1.54, 1.807) is 24.3 Å². The topological polar surface area (TPSA) is 103 Å². The molecule has 0 fully saturated rings. The lowest BCUT2D eigenvalue weighted by Gasteiger charge is -2.14. The van der Waals surface area contributed by atoms with Gasteiger partial charge in [0.1, 0.15) is 23.3 Å². The maximum atomic E-state index is 13.1. The van der Waals surface area contributed by atoms with Crippen LogP contribution in [0.5, 0.6) is 17.2 Å². The van der Waals surface area contributed by atoms with E-state index < -0.39 is 17.8 Å². The van der Waals surface area contributed by atoms with Crippen molar-refractivity contribution in [2.75, 3.05) is 0 Å². The van der Waals surface area contributed by atoms with Gasteiger partial charge in [-0.25, -0.2) is 4.79 Å². The van der Waals surface area contributed by atoms with Gasteiger partial charge in [0.2, 0.25) is 11.2 Å². The predicted octanol–water partition coefficient (Wildman–Crippen LogP) is 6.87. The predicted molar refractivity (Wildman–Crippen MR) is 156 cm³/mol. The van der Waals surface area contributed by atoms with Crippen molar-refractivity contribution < 1.29 is 28.3 Å². The number of hydrogen-bond donors (Lipinski definition) is 0. The Balaban J connectivity index is 1.21. The van der Waals surface area contributed by atoms with Gasteiger partial charge in [-0.15, -0.1) is 0 Å². The molecule has 0 unspecified atom stereocenters. The lowest BCUT2D eigenvalue weighted by atomic mass is 10.1. The van der Waals surface area contributed by atoms with Crippen molar-refractivity contribution in [1.29, 1.82) is 0 Å². The number of amides is 2. The molecule has 0 atom stereocenters. The van der Waals surface area contributed by atoms with Crippen molar-refractivity contribution in [3.8, 4) is 17.2 Å². The maximum Gasteiger partial charge on any atom is 0.343 e. The quantitative estimate of drug-likeness (QED) is 0.123. The molecule has 0 spiro atoms. The summed E-state index contributed by atoms with van der Waals surface area (Å²) >= 11 is 6.21. The molecule has 8 nitrogen and oxygen atoms in total. The second-order valence-corrected chi connectivity index (χ2v) is 10.3. The van der Waals surface area contributed by atoms with Crippen LogP contribution in [0.25, 0.3) is 11.0 Å². The summed E-state index contributed by atoms with van der Waals surface area (Å²) in [5.74, 6) is -1.05. The van der Waals surface area contributed by atoms with Crippen LogP contribution < -0.4 is 14.9 Å². The molecule has 0 saturated heterocycles. The van der Waals surface area contributed by atoms with Gasteiger partial charge in [0.25, 0.3) is 11.8 Å². The lowest BCUT2D eigenvalue weighted by Crippen LogP contribution is -2.29. The second kappa shape index (κ2) is 10.6. The number of rotatable bonds is 6. The molecule has 6 rings (SSSR count). The zero-order valence-electron chi connectivity index (χ0n) is 22.5. The number of halogens is 1. The first-order valence-electron chi connectivity index (χ1n) is 13.0. The molecule has 0 radical (unpaired) electrons. The fourth-order valence-electron chi connectivity index (χ4n) is 4.68. The van der Waals surface area contributed by atoms with Crippen molar-refractivity contribution in [1.82, 2.24) is 4.90 Å². The SMILES string of the molecule is Cc1ccc(C)c(Oc2coc3cc(OC(=O)c4ccc5c(c4)C(=O)N(Cc4ccccc4Cl)C5=O)ccc3c2=O)c1. The molecule has 2 heterocycles. The van der Waals surface area contributed by atoms with E-state index in [0.29, 0.717) is 16.3 Å². The average Bonchev–Trinajstić information content (AvgIpc) is 3.21. The summed E-state index contributed by atoms with van der Waals surface area (Å²) in [5, 5.41) is 0.688. The van der Waals surface area contributed by atoms with E-state index in [0.717, 1.165) is 16.0 Å². The smallest absolute Gasteiger partial charge is 0.343 e. The summed E-state index contributed by atoms with van der Waals surface area (Å²) in [6.07, 6.45) is 1.22. The maximum absolute atomic E-state index is 13.1. The van der Waals surface area contributed by atoms with E-state index in [-0.39, 0.29) is 51.1 Å². The summed E-state index contributed by atoms with van der Waals surface area (Å²) in [6.45, 7) is 3.81. The third kappa shape index (κ3) is 4.93. The Morgan fingerprint density at radius 1 is 0.857 bits per heavy atom. The van der Waals surface area contributed by atoms with Crippen LogP contribution in [0.3, 0.4) is 0 Å². The minimum atomic E-state index is -0.751. The Bertz CT molecular complexity index is 2000. The van der Waals surface area contributed by atoms with Crippen LogP contribution in [-0.4, -0.2) is 22.7 Å². The zero-order valence-corrected chi connectivity index (χ0v) is 23.2. The van der Waals surface area contributed by atoms with Crippen LogP contribution in [0.2, 0.25) is 5.02 Å². The van der Waals surface area contributed by atoms with E-state index in [9.17, 15) is 19.2 Å². The third-order valence-corrected chi connectivity index (χ3v) is 7.35. The largest absolute Gasteiger partial charge is 0.460 e. The van der Waals surface area contributed by atoms with Crippen LogP contribution in [0.15, 0.2) is 94.3 Å². The molecule has 0 bridgehead atoms. The Hall–Kier alpha value is -5.21. The van der Waals surface area contributed by atoms with Crippen LogP contribution in [0.4, 0.5) is 0 Å². The fourth-order valence-corrected chi connectivity index (χ4v) is 4.88. The Morgan fingerprint density at radius 3 is 2.45 bits per heavy atom. The molecule has 0 aliphatic carbocycles. The van der Waals surface area contributed by atoms with Gasteiger partial charge in [0.05, 0.1) is 28.6 Å². The average molecular weight is 580 g/mol. The van der Waals surface area contributed by atoms with Gasteiger partial charge in [-0.1, -0.05) is 41.9 Å². The second-order valence-electron chi connectivity index (χ2n) is 9.90. The Kier molecular flexibility index (Phi) is 6.84. The molecule has 42 heavy (non-hydrogen) atoms. The number of carbonyl (C=O) groups is 3. The molecular weight excluding hydrogens is 558 g/mol. The van der Waals surface area contributed by atoms with Gasteiger partial charge in [-0.3, -0.25) is 19.3 Å². The number of carbonyl (C=O) groups excluding carboxylic acids is 3. The minimum absolute atomic E-state index is 0.00540. The van der Waals surface area contributed by atoms with E-state index in [1.165, 1.54) is 42.7 Å². The van der Waals surface area contributed by atoms with Crippen molar-refractivity contribution >= 4 is 40.4 Å². The molecule has 1 aliphatic heterocycles. The van der Waals surface area contributed by atoms with E-state index in [1.807, 2.05) is 32.0 Å². The van der Waals surface area contributed by atoms with Crippen LogP contribution in [0, 0.1) is 13.8 Å². The number of ether oxygens (including phenoxy) is 2. The fraction of sp³-hybridized carbons (Fsp3) is 0.0909. The van der Waals surface area contributed by atoms with Gasteiger partial charge in [-0.05, 0) is 73.0 Å². The number of esters is 1. The minimum Gasteiger partial charge on any atom is -0.460 e. The van der Waals surface area contributed by atoms with Crippen LogP contribution >= 0.6 is 11.6 Å². The van der Waals surface area contributed by atoms with Crippen LogP contribution in [0.1, 0.15) is 47.8 Å². The van der Waals surface area contributed by atoms with E-state index >= 15 is 0 Å². The summed E-state index contributed by atoms with van der Waals surface area (Å²) < 4.78 is 17.0. The van der Waals surface area contributed by atoms with Crippen molar-refractivity contribution in [3.63, 3.8) is 0 Å². The highest BCUT2D eigenvalue weighted by Crippen LogP contribution is 2.29. The number of benzene rings is 4. The number of imide groups is 1. The molecule has 0 saturated carbocycles. The molecule has 1 aromatic heterocycles. The highest BCUT2D eigenvalue weighted by molar-refractivity contribution is 6.31. The van der Waals surface area contributed by atoms with Crippen molar-refractivity contribution in [2.45, 2.75) is 20.4 Å². The molecular formula is C33H22ClNO7. The highest BCUT2D eigenvalue weighted by atomic mass is 35.5. The van der Waals surface area contributed by atoms with Gasteiger partial charge in [0, 0.05) is 11.1 Å². The first-order valence-corrected chi connectivity index (χ1v) is 13.3. The summed E-state index contributed by atoms with van der Waals surface area (Å²) in [7, 11) is 0. The zero-order chi connectivity index (χ0) is 29.5. The van der Waals surface area contributed by atoms with Gasteiger partial charge >= 0.3 is 5.97 Å². The van der Waals surface area contributed by atoms with Crippen LogP contribution in [-0.2, 0) is 6.54 Å². The molecule has 1 aliphatic rings. The molecule has 208 valence electrons. The number of fused-ring (bicyclic) bond motifs is 2. The summed E-state index contributed by atoms with van der Waals surface area (Å²) in [5.41, 5.74) is 2.67. The first-order chi connectivity index (χ1) is 20.2. The number of nitrogens with zero attached hydrogens (tertiary/aromatic N) is 1. The molecule has 4 aromatic carbocycles. The number of hydrogen-bond acceptors (Lipinski definition) is 7. The highest BCUT2D eigenvalue weighted by Gasteiger charge is 2.36. The normalized spacial score (nSPS) is 12.5. The van der Waals surface area contributed by atoms with Gasteiger partial charge in [-0.2, -0.15) is 0 Å². The summed E-state index contributed by atoms with van der Waals surface area (Å²) in [4.78, 5) is 53.1. The monoisotopic (exact) mass is 579 g/mol. The van der Waals surface area contributed by atoms with Crippen molar-refractivity contribution in [3.05, 3.63) is 134 Å². The first kappa shape index (κ1) is 27.0. The molecule has 2 amide bonds. The Morgan fingerprint density at radius 2 is 1.64 bits per heavy atom.